The lowest BCUT2D eigenvalue weighted by atomic mass is 9.88. The lowest BCUT2D eigenvalue weighted by Gasteiger charge is -2.28. The van der Waals surface area contributed by atoms with Gasteiger partial charge in [0, 0.05) is 24.9 Å². The van der Waals surface area contributed by atoms with Crippen LogP contribution < -0.4 is 10.1 Å². The minimum absolute atomic E-state index is 0.534. The van der Waals surface area contributed by atoms with E-state index in [1.165, 1.54) is 0 Å². The quantitative estimate of drug-likeness (QED) is 0.528. The zero-order valence-corrected chi connectivity index (χ0v) is 15.6. The van der Waals surface area contributed by atoms with Crippen molar-refractivity contribution < 1.29 is 29.6 Å². The number of rotatable bonds is 6. The van der Waals surface area contributed by atoms with E-state index in [9.17, 15) is 14.7 Å². The number of hydrogen-bond donors (Lipinski definition) is 4. The number of aliphatic imine (C=N–C) groups is 1. The molecule has 0 fully saturated rings. The van der Waals surface area contributed by atoms with Gasteiger partial charge in [0.05, 0.1) is 19.3 Å². The second kappa shape index (κ2) is 10.00. The van der Waals surface area contributed by atoms with Crippen LogP contribution in [0.3, 0.4) is 0 Å². The Kier molecular flexibility index (Phi) is 7.44. The van der Waals surface area contributed by atoms with Gasteiger partial charge in [-0.25, -0.2) is 9.59 Å². The molecule has 0 bridgehead atoms. The van der Waals surface area contributed by atoms with Gasteiger partial charge in [-0.15, -0.1) is 0 Å². The normalized spacial score (nSPS) is 14.8. The molecular weight excluding hydrogens is 378 g/mol. The molecule has 1 aromatic carbocycles. The van der Waals surface area contributed by atoms with Crippen molar-refractivity contribution in [1.29, 1.82) is 0 Å². The average molecular weight is 399 g/mol. The third-order valence-corrected chi connectivity index (χ3v) is 3.93. The first kappa shape index (κ1) is 21.6. The number of nitrogens with zero attached hydrogens (tertiary/aromatic N) is 2. The summed E-state index contributed by atoms with van der Waals surface area (Å²) in [4.78, 5) is 27.8. The minimum Gasteiger partial charge on any atom is -0.497 e. The number of nitrogens with one attached hydrogen (secondary N) is 1. The number of aromatic nitrogens is 1. The van der Waals surface area contributed by atoms with Crippen LogP contribution in [-0.4, -0.2) is 58.3 Å². The van der Waals surface area contributed by atoms with E-state index >= 15 is 0 Å². The molecule has 1 aliphatic rings. The molecule has 0 saturated carbocycles. The fourth-order valence-electron chi connectivity index (χ4n) is 2.60. The first-order valence-electron chi connectivity index (χ1n) is 8.59. The number of aliphatic hydroxyl groups is 1. The van der Waals surface area contributed by atoms with Crippen LogP contribution in [0, 0.1) is 0 Å². The molecular formula is C20H21N3O6. The van der Waals surface area contributed by atoms with Crippen molar-refractivity contribution in [3.8, 4) is 5.75 Å². The van der Waals surface area contributed by atoms with Crippen LogP contribution >= 0.6 is 0 Å². The maximum absolute atomic E-state index is 11.3. The summed E-state index contributed by atoms with van der Waals surface area (Å²) >= 11 is 0. The number of carboxylic acid groups (broad SMARTS) is 2. The zero-order chi connectivity index (χ0) is 21.3. The second-order valence-corrected chi connectivity index (χ2v) is 5.82. The molecule has 4 N–H and O–H groups in total. The van der Waals surface area contributed by atoms with E-state index in [1.54, 1.807) is 19.4 Å². The minimum atomic E-state index is -1.37. The largest absolute Gasteiger partial charge is 0.497 e. The summed E-state index contributed by atoms with van der Waals surface area (Å²) in [5.41, 5.74) is -0.122. The fourth-order valence-corrected chi connectivity index (χ4v) is 2.60. The first-order chi connectivity index (χ1) is 13.9. The van der Waals surface area contributed by atoms with E-state index in [0.717, 1.165) is 12.3 Å². The standard InChI is InChI=1S/C16H17N3O2.C4H4O4/c1-21-13-7-5-12(6-8-13)16(20,15-18-10-11-19-15)14-4-2-3-9-17-14;5-3(6)1-2-4(7)8/h2-9,20H,10-11H2,1H3,(H,18,19);1-2H,(H,5,6)(H,7,8)/b;2-1-. The lowest BCUT2D eigenvalue weighted by molar-refractivity contribution is -0.134. The van der Waals surface area contributed by atoms with E-state index < -0.39 is 17.5 Å². The van der Waals surface area contributed by atoms with Crippen LogP contribution in [0.1, 0.15) is 11.3 Å². The fraction of sp³-hybridized carbons (Fsp3) is 0.200. The van der Waals surface area contributed by atoms with Gasteiger partial charge in [-0.3, -0.25) is 9.98 Å². The summed E-state index contributed by atoms with van der Waals surface area (Å²) in [5.74, 6) is -1.24. The number of methoxy groups -OCH3 is 1. The monoisotopic (exact) mass is 399 g/mol. The van der Waals surface area contributed by atoms with Crippen molar-refractivity contribution in [3.05, 3.63) is 72.1 Å². The predicted octanol–water partition coefficient (Wildman–Crippen LogP) is 1.04. The van der Waals surface area contributed by atoms with E-state index in [4.69, 9.17) is 14.9 Å². The van der Waals surface area contributed by atoms with E-state index in [2.05, 4.69) is 15.3 Å². The van der Waals surface area contributed by atoms with Crippen molar-refractivity contribution in [1.82, 2.24) is 10.3 Å². The molecule has 1 atom stereocenters. The molecule has 2 heterocycles. The molecule has 152 valence electrons. The number of amidine groups is 1. The van der Waals surface area contributed by atoms with Crippen molar-refractivity contribution in [2.75, 3.05) is 20.2 Å². The van der Waals surface area contributed by atoms with Gasteiger partial charge in [0.1, 0.15) is 11.6 Å². The highest BCUT2D eigenvalue weighted by molar-refractivity contribution is 5.95. The third-order valence-electron chi connectivity index (χ3n) is 3.93. The number of pyridine rings is 1. The molecule has 0 radical (unpaired) electrons. The number of carbonyl (C=O) groups is 2. The van der Waals surface area contributed by atoms with Gasteiger partial charge < -0.3 is 25.4 Å². The Morgan fingerprint density at radius 2 is 1.76 bits per heavy atom. The highest BCUT2D eigenvalue weighted by Gasteiger charge is 2.40. The number of hydrogen-bond acceptors (Lipinski definition) is 7. The van der Waals surface area contributed by atoms with Gasteiger partial charge in [0.15, 0.2) is 5.60 Å². The first-order valence-corrected chi connectivity index (χ1v) is 8.59. The molecule has 2 aromatic rings. The summed E-state index contributed by atoms with van der Waals surface area (Å²) in [6.45, 7) is 1.38. The molecule has 3 rings (SSSR count). The molecule has 0 spiro atoms. The summed E-state index contributed by atoms with van der Waals surface area (Å²) in [7, 11) is 1.61. The van der Waals surface area contributed by atoms with Crippen LogP contribution in [0.25, 0.3) is 0 Å². The summed E-state index contributed by atoms with van der Waals surface area (Å²) in [6.07, 6.45) is 2.78. The van der Waals surface area contributed by atoms with E-state index in [-0.39, 0.29) is 0 Å². The Hall–Kier alpha value is -3.72. The smallest absolute Gasteiger partial charge is 0.328 e. The molecule has 1 unspecified atom stereocenters. The molecule has 0 aliphatic carbocycles. The highest BCUT2D eigenvalue weighted by atomic mass is 16.5. The zero-order valence-electron chi connectivity index (χ0n) is 15.6. The van der Waals surface area contributed by atoms with Crippen molar-refractivity contribution in [3.63, 3.8) is 0 Å². The SMILES string of the molecule is COc1ccc(C(O)(C2=NCCN2)c2ccccn2)cc1.O=C(O)/C=C\C(=O)O. The van der Waals surface area contributed by atoms with Gasteiger partial charge in [-0.2, -0.15) is 0 Å². The number of carboxylic acids is 2. The third kappa shape index (κ3) is 5.63. The number of benzene rings is 1. The summed E-state index contributed by atoms with van der Waals surface area (Å²) < 4.78 is 5.17. The van der Waals surface area contributed by atoms with E-state index in [1.807, 2.05) is 36.4 Å². The molecule has 0 amide bonds. The Morgan fingerprint density at radius 1 is 1.10 bits per heavy atom. The maximum atomic E-state index is 11.3. The summed E-state index contributed by atoms with van der Waals surface area (Å²) in [5, 5.41) is 30.1. The van der Waals surface area contributed by atoms with E-state index in [0.29, 0.717) is 35.8 Å². The Morgan fingerprint density at radius 3 is 2.21 bits per heavy atom. The van der Waals surface area contributed by atoms with Crippen molar-refractivity contribution in [2.24, 2.45) is 4.99 Å². The van der Waals surface area contributed by atoms with Gasteiger partial charge in [-0.1, -0.05) is 18.2 Å². The van der Waals surface area contributed by atoms with Crippen LogP contribution in [-0.2, 0) is 15.2 Å². The average Bonchev–Trinajstić information content (AvgIpc) is 3.28. The van der Waals surface area contributed by atoms with Gasteiger partial charge in [-0.05, 0) is 29.8 Å². The van der Waals surface area contributed by atoms with Crippen LogP contribution in [0.5, 0.6) is 5.75 Å². The predicted molar refractivity (Wildman–Crippen MR) is 105 cm³/mol. The number of aliphatic carboxylic acids is 2. The van der Waals surface area contributed by atoms with Crippen LogP contribution in [0.15, 0.2) is 65.8 Å². The molecule has 0 saturated heterocycles. The topological polar surface area (TPSA) is 141 Å². The second-order valence-electron chi connectivity index (χ2n) is 5.82. The van der Waals surface area contributed by atoms with Gasteiger partial charge in [0.25, 0.3) is 0 Å². The Bertz CT molecular complexity index is 880. The Balaban J connectivity index is 0.000000321. The van der Waals surface area contributed by atoms with Crippen LogP contribution in [0.4, 0.5) is 0 Å². The molecule has 1 aliphatic heterocycles. The van der Waals surface area contributed by atoms with Crippen molar-refractivity contribution in [2.45, 2.75) is 5.60 Å². The maximum Gasteiger partial charge on any atom is 0.328 e. The number of ether oxygens (including phenoxy) is 1. The highest BCUT2D eigenvalue weighted by Crippen LogP contribution is 2.31. The summed E-state index contributed by atoms with van der Waals surface area (Å²) in [6, 6.07) is 12.8. The molecule has 9 heteroatoms. The van der Waals surface area contributed by atoms with Crippen molar-refractivity contribution >= 4 is 17.8 Å². The molecule has 1 aromatic heterocycles. The van der Waals surface area contributed by atoms with Crippen LogP contribution in [0.2, 0.25) is 0 Å². The molecule has 29 heavy (non-hydrogen) atoms. The van der Waals surface area contributed by atoms with Gasteiger partial charge >= 0.3 is 11.9 Å². The Labute approximate surface area is 167 Å². The van der Waals surface area contributed by atoms with Gasteiger partial charge in [0.2, 0.25) is 0 Å². The molecule has 9 nitrogen and oxygen atoms in total. The lowest BCUT2D eigenvalue weighted by Crippen LogP contribution is -2.44.